The molecule has 3 aromatic rings. The van der Waals surface area contributed by atoms with Crippen LogP contribution in [0.5, 0.6) is 11.5 Å². The Balaban J connectivity index is 1.84. The standard InChI is InChI=1S/C29H27NO6/c1-4-19-6-12-22(13-7-19)30-26(20-8-16-24(17-9-20)36-18(3)31)25(28(33)29(30)34)27(32)21-10-14-23(15-11-21)35-5-2/h6-17,26,32H,4-5H2,1-3H3/b27-25+. The number of carbonyl (C=O) groups is 3. The molecule has 3 aromatic carbocycles. The summed E-state index contributed by atoms with van der Waals surface area (Å²) in [4.78, 5) is 39.3. The fourth-order valence-electron chi connectivity index (χ4n) is 4.22. The molecule has 0 aliphatic carbocycles. The lowest BCUT2D eigenvalue weighted by atomic mass is 9.95. The number of hydrogen-bond donors (Lipinski definition) is 1. The Morgan fingerprint density at radius 2 is 1.50 bits per heavy atom. The van der Waals surface area contributed by atoms with E-state index in [4.69, 9.17) is 9.47 Å². The highest BCUT2D eigenvalue weighted by Gasteiger charge is 2.47. The van der Waals surface area contributed by atoms with Gasteiger partial charge in [-0.25, -0.2) is 0 Å². The highest BCUT2D eigenvalue weighted by atomic mass is 16.5. The van der Waals surface area contributed by atoms with E-state index in [1.807, 2.05) is 26.0 Å². The van der Waals surface area contributed by atoms with E-state index in [2.05, 4.69) is 0 Å². The third-order valence-electron chi connectivity index (χ3n) is 5.96. The fraction of sp³-hybridized carbons (Fsp3) is 0.207. The predicted molar refractivity (Wildman–Crippen MR) is 136 cm³/mol. The van der Waals surface area contributed by atoms with Crippen LogP contribution in [0.25, 0.3) is 5.76 Å². The first-order valence-electron chi connectivity index (χ1n) is 11.8. The highest BCUT2D eigenvalue weighted by molar-refractivity contribution is 6.51. The zero-order valence-corrected chi connectivity index (χ0v) is 20.4. The van der Waals surface area contributed by atoms with Gasteiger partial charge >= 0.3 is 5.97 Å². The molecule has 1 amide bonds. The first kappa shape index (κ1) is 24.7. The summed E-state index contributed by atoms with van der Waals surface area (Å²) in [5, 5.41) is 11.3. The van der Waals surface area contributed by atoms with Crippen molar-refractivity contribution >= 4 is 29.1 Å². The third-order valence-corrected chi connectivity index (χ3v) is 5.96. The largest absolute Gasteiger partial charge is 0.507 e. The van der Waals surface area contributed by atoms with Gasteiger partial charge in [-0.1, -0.05) is 31.2 Å². The van der Waals surface area contributed by atoms with Crippen LogP contribution in [-0.4, -0.2) is 29.4 Å². The molecule has 4 rings (SSSR count). The molecule has 1 atom stereocenters. The zero-order chi connectivity index (χ0) is 25.8. The lowest BCUT2D eigenvalue weighted by molar-refractivity contribution is -0.132. The molecular formula is C29H27NO6. The number of ether oxygens (including phenoxy) is 2. The van der Waals surface area contributed by atoms with Crippen LogP contribution >= 0.6 is 0 Å². The van der Waals surface area contributed by atoms with Gasteiger partial charge in [0.1, 0.15) is 17.3 Å². The van der Waals surface area contributed by atoms with Gasteiger partial charge < -0.3 is 14.6 Å². The number of aliphatic hydroxyl groups excluding tert-OH is 1. The Morgan fingerprint density at radius 3 is 2.06 bits per heavy atom. The second kappa shape index (κ2) is 10.5. The summed E-state index contributed by atoms with van der Waals surface area (Å²) in [6, 6.07) is 19.7. The van der Waals surface area contributed by atoms with Crippen LogP contribution in [0.1, 0.15) is 43.5 Å². The molecule has 0 aromatic heterocycles. The van der Waals surface area contributed by atoms with E-state index >= 15 is 0 Å². The van der Waals surface area contributed by atoms with Crippen molar-refractivity contribution in [2.75, 3.05) is 11.5 Å². The van der Waals surface area contributed by atoms with E-state index in [-0.39, 0.29) is 11.3 Å². The molecule has 0 bridgehead atoms. The van der Waals surface area contributed by atoms with Gasteiger partial charge in [-0.3, -0.25) is 19.3 Å². The van der Waals surface area contributed by atoms with Crippen molar-refractivity contribution in [2.24, 2.45) is 0 Å². The Labute approximate surface area is 209 Å². The molecule has 7 heteroatoms. The minimum absolute atomic E-state index is 0.0241. The Morgan fingerprint density at radius 1 is 0.889 bits per heavy atom. The van der Waals surface area contributed by atoms with Gasteiger partial charge in [0.25, 0.3) is 11.7 Å². The zero-order valence-electron chi connectivity index (χ0n) is 20.4. The fourth-order valence-corrected chi connectivity index (χ4v) is 4.22. The third kappa shape index (κ3) is 4.86. The molecule has 0 radical (unpaired) electrons. The number of aliphatic hydroxyl groups is 1. The van der Waals surface area contributed by atoms with Crippen LogP contribution in [0.4, 0.5) is 5.69 Å². The van der Waals surface area contributed by atoms with Crippen LogP contribution in [0.3, 0.4) is 0 Å². The SMILES string of the molecule is CCOc1ccc(/C(O)=C2\C(=O)C(=O)N(c3ccc(CC)cc3)C2c2ccc(OC(C)=O)cc2)cc1. The molecular weight excluding hydrogens is 458 g/mol. The smallest absolute Gasteiger partial charge is 0.308 e. The first-order chi connectivity index (χ1) is 17.3. The van der Waals surface area contributed by atoms with Crippen molar-refractivity contribution < 1.29 is 29.0 Å². The predicted octanol–water partition coefficient (Wildman–Crippen LogP) is 5.20. The number of amides is 1. The van der Waals surface area contributed by atoms with Crippen LogP contribution < -0.4 is 14.4 Å². The van der Waals surface area contributed by atoms with E-state index in [0.29, 0.717) is 34.9 Å². The van der Waals surface area contributed by atoms with E-state index in [1.54, 1.807) is 60.7 Å². The number of hydrogen-bond acceptors (Lipinski definition) is 6. The van der Waals surface area contributed by atoms with Crippen LogP contribution in [0.15, 0.2) is 78.4 Å². The van der Waals surface area contributed by atoms with Crippen LogP contribution in [0, 0.1) is 0 Å². The number of ketones is 1. The van der Waals surface area contributed by atoms with E-state index in [0.717, 1.165) is 12.0 Å². The number of esters is 1. The van der Waals surface area contributed by atoms with Gasteiger partial charge in [0.15, 0.2) is 0 Å². The lowest BCUT2D eigenvalue weighted by Crippen LogP contribution is -2.29. The molecule has 1 N–H and O–H groups in total. The summed E-state index contributed by atoms with van der Waals surface area (Å²) < 4.78 is 10.6. The number of benzene rings is 3. The van der Waals surface area contributed by atoms with Crippen molar-refractivity contribution in [3.05, 3.63) is 95.1 Å². The average Bonchev–Trinajstić information content (AvgIpc) is 3.14. The van der Waals surface area contributed by atoms with E-state index in [9.17, 15) is 19.5 Å². The summed E-state index contributed by atoms with van der Waals surface area (Å²) in [6.07, 6.45) is 0.831. The molecule has 184 valence electrons. The van der Waals surface area contributed by atoms with Crippen molar-refractivity contribution in [2.45, 2.75) is 33.2 Å². The number of Topliss-reactive ketones (excluding diaryl/α,β-unsaturated/α-hetero) is 1. The van der Waals surface area contributed by atoms with Gasteiger partial charge in [0.2, 0.25) is 0 Å². The van der Waals surface area contributed by atoms with E-state index in [1.165, 1.54) is 11.8 Å². The summed E-state index contributed by atoms with van der Waals surface area (Å²) >= 11 is 0. The van der Waals surface area contributed by atoms with Crippen LogP contribution in [-0.2, 0) is 20.8 Å². The lowest BCUT2D eigenvalue weighted by Gasteiger charge is -2.25. The molecule has 1 saturated heterocycles. The number of aryl methyl sites for hydroxylation is 1. The maximum absolute atomic E-state index is 13.3. The van der Waals surface area contributed by atoms with Gasteiger partial charge in [-0.2, -0.15) is 0 Å². The van der Waals surface area contributed by atoms with Gasteiger partial charge in [0.05, 0.1) is 18.2 Å². The second-order valence-electron chi connectivity index (χ2n) is 8.31. The van der Waals surface area contributed by atoms with E-state index < -0.39 is 23.7 Å². The van der Waals surface area contributed by atoms with Gasteiger partial charge in [-0.05, 0) is 73.0 Å². The van der Waals surface area contributed by atoms with Crippen molar-refractivity contribution in [3.63, 3.8) is 0 Å². The quantitative estimate of drug-likeness (QED) is 0.163. The van der Waals surface area contributed by atoms with Gasteiger partial charge in [-0.15, -0.1) is 0 Å². The molecule has 1 aliphatic rings. The number of rotatable bonds is 7. The Bertz CT molecular complexity index is 1310. The topological polar surface area (TPSA) is 93.1 Å². The molecule has 1 unspecified atom stereocenters. The molecule has 1 heterocycles. The monoisotopic (exact) mass is 485 g/mol. The molecule has 1 aliphatic heterocycles. The normalized spacial score (nSPS) is 16.8. The van der Waals surface area contributed by atoms with Crippen LogP contribution in [0.2, 0.25) is 0 Å². The molecule has 0 spiro atoms. The highest BCUT2D eigenvalue weighted by Crippen LogP contribution is 2.42. The Kier molecular flexibility index (Phi) is 7.20. The summed E-state index contributed by atoms with van der Waals surface area (Å²) in [5.41, 5.74) is 2.57. The number of carbonyl (C=O) groups excluding carboxylic acids is 3. The average molecular weight is 486 g/mol. The summed E-state index contributed by atoms with van der Waals surface area (Å²) in [7, 11) is 0. The molecule has 7 nitrogen and oxygen atoms in total. The number of nitrogens with zero attached hydrogens (tertiary/aromatic N) is 1. The minimum Gasteiger partial charge on any atom is -0.507 e. The van der Waals surface area contributed by atoms with Gasteiger partial charge in [0, 0.05) is 18.2 Å². The maximum atomic E-state index is 13.3. The van der Waals surface area contributed by atoms with Crippen molar-refractivity contribution in [1.29, 1.82) is 0 Å². The maximum Gasteiger partial charge on any atom is 0.308 e. The molecule has 1 fully saturated rings. The minimum atomic E-state index is -0.879. The summed E-state index contributed by atoms with van der Waals surface area (Å²) in [6.45, 7) is 5.70. The van der Waals surface area contributed by atoms with Crippen molar-refractivity contribution in [3.8, 4) is 11.5 Å². The molecule has 0 saturated carbocycles. The van der Waals surface area contributed by atoms with Crippen molar-refractivity contribution in [1.82, 2.24) is 0 Å². The molecule has 36 heavy (non-hydrogen) atoms. The first-order valence-corrected chi connectivity index (χ1v) is 11.8. The summed E-state index contributed by atoms with van der Waals surface area (Å²) in [5.74, 6) is -1.29. The Hall–Kier alpha value is -4.39. The second-order valence-corrected chi connectivity index (χ2v) is 8.31. The number of anilines is 1.